The van der Waals surface area contributed by atoms with Gasteiger partial charge in [-0.3, -0.25) is 19.3 Å². The lowest BCUT2D eigenvalue weighted by Crippen LogP contribution is -2.48. The van der Waals surface area contributed by atoms with Gasteiger partial charge in [-0.15, -0.1) is 0 Å². The average Bonchev–Trinajstić information content (AvgIpc) is 3.62. The molecule has 1 saturated heterocycles. The Morgan fingerprint density at radius 1 is 0.912 bits per heavy atom. The van der Waals surface area contributed by atoms with Crippen LogP contribution in [-0.4, -0.2) is 34.5 Å². The molecule has 2 saturated carbocycles. The molecule has 7 atom stereocenters. The Morgan fingerprint density at radius 2 is 1.50 bits per heavy atom. The molecule has 7 rings (SSSR count). The number of ketones is 1. The van der Waals surface area contributed by atoms with Crippen LogP contribution < -0.4 is 4.74 Å². The van der Waals surface area contributed by atoms with Crippen LogP contribution in [0.4, 0.5) is 0 Å². The number of carbonyl (C=O) groups is 4. The minimum absolute atomic E-state index is 0.0861. The van der Waals surface area contributed by atoms with Crippen LogP contribution in [0.2, 0.25) is 0 Å². The van der Waals surface area contributed by atoms with E-state index in [1.165, 1.54) is 11.8 Å². The molecule has 6 nitrogen and oxygen atoms in total. The zero-order valence-corrected chi connectivity index (χ0v) is 18.8. The van der Waals surface area contributed by atoms with E-state index < -0.39 is 12.0 Å². The fourth-order valence-electron chi connectivity index (χ4n) is 6.35. The average molecular weight is 456 g/mol. The largest absolute Gasteiger partial charge is 0.425 e. The maximum absolute atomic E-state index is 13.6. The predicted molar refractivity (Wildman–Crippen MR) is 123 cm³/mol. The van der Waals surface area contributed by atoms with Gasteiger partial charge in [0.25, 0.3) is 0 Å². The van der Waals surface area contributed by atoms with Crippen LogP contribution in [0.25, 0.3) is 0 Å². The van der Waals surface area contributed by atoms with Crippen molar-refractivity contribution in [1.82, 2.24) is 4.90 Å². The summed E-state index contributed by atoms with van der Waals surface area (Å²) < 4.78 is 5.63. The van der Waals surface area contributed by atoms with Gasteiger partial charge in [-0.1, -0.05) is 42.5 Å². The van der Waals surface area contributed by atoms with Gasteiger partial charge in [-0.2, -0.15) is 0 Å². The predicted octanol–water partition coefficient (Wildman–Crippen LogP) is 3.46. The van der Waals surface area contributed by atoms with Crippen molar-refractivity contribution in [1.29, 1.82) is 0 Å². The van der Waals surface area contributed by atoms with Crippen molar-refractivity contribution < 1.29 is 23.9 Å². The number of likely N-dealkylation sites (tertiary alicyclic amines) is 1. The van der Waals surface area contributed by atoms with E-state index in [1.54, 1.807) is 24.3 Å². The lowest BCUT2D eigenvalue weighted by atomic mass is 9.63. The summed E-state index contributed by atoms with van der Waals surface area (Å²) in [7, 11) is 0. The van der Waals surface area contributed by atoms with E-state index in [4.69, 9.17) is 4.74 Å². The molecule has 3 fully saturated rings. The SMILES string of the molecule is CC(=O)c1ccc(OC(=O)[C@H](Cc2ccccc2)N2C(=O)[C@H]3[C@@H]4C=C[C@H]([C@@H]5C[C@H]45)[C@@H]3C2=O)cc1. The van der Waals surface area contributed by atoms with Crippen LogP contribution >= 0.6 is 0 Å². The zero-order chi connectivity index (χ0) is 23.6. The second-order valence-electron chi connectivity index (χ2n) is 9.91. The normalized spacial score (nSPS) is 31.1. The van der Waals surface area contributed by atoms with Crippen LogP contribution in [-0.2, 0) is 20.8 Å². The van der Waals surface area contributed by atoms with Crippen molar-refractivity contribution in [2.45, 2.75) is 25.8 Å². The third-order valence-electron chi connectivity index (χ3n) is 8.03. The Labute approximate surface area is 197 Å². The second-order valence-corrected chi connectivity index (χ2v) is 9.91. The third kappa shape index (κ3) is 3.23. The summed E-state index contributed by atoms with van der Waals surface area (Å²) in [5.74, 6) is -0.523. The smallest absolute Gasteiger partial charge is 0.335 e. The molecule has 0 radical (unpaired) electrons. The number of amides is 2. The van der Waals surface area contributed by atoms with E-state index in [9.17, 15) is 19.2 Å². The monoisotopic (exact) mass is 455 g/mol. The highest BCUT2D eigenvalue weighted by atomic mass is 16.5. The number of hydrogen-bond donors (Lipinski definition) is 0. The third-order valence-corrected chi connectivity index (χ3v) is 8.03. The summed E-state index contributed by atoms with van der Waals surface area (Å²) in [4.78, 5) is 53.4. The summed E-state index contributed by atoms with van der Waals surface area (Å²) in [5.41, 5.74) is 1.35. The molecular weight excluding hydrogens is 430 g/mol. The van der Waals surface area contributed by atoms with E-state index in [0.717, 1.165) is 12.0 Å². The number of rotatable bonds is 6. The Balaban J connectivity index is 1.30. The van der Waals surface area contributed by atoms with Gasteiger partial charge >= 0.3 is 5.97 Å². The number of allylic oxidation sites excluding steroid dienone is 2. The lowest BCUT2D eigenvalue weighted by molar-refractivity contribution is -0.153. The molecule has 0 unspecified atom stereocenters. The first-order chi connectivity index (χ1) is 16.4. The summed E-state index contributed by atoms with van der Waals surface area (Å²) in [5, 5.41) is 0. The Kier molecular flexibility index (Phi) is 4.80. The number of carbonyl (C=O) groups excluding carboxylic acids is 4. The van der Waals surface area contributed by atoms with Gasteiger partial charge < -0.3 is 4.74 Å². The van der Waals surface area contributed by atoms with Crippen LogP contribution in [0, 0.1) is 35.5 Å². The fraction of sp³-hybridized carbons (Fsp3) is 0.357. The topological polar surface area (TPSA) is 80.8 Å². The van der Waals surface area contributed by atoms with Crippen molar-refractivity contribution in [3.63, 3.8) is 0 Å². The van der Waals surface area contributed by atoms with Gasteiger partial charge in [0.05, 0.1) is 11.8 Å². The summed E-state index contributed by atoms with van der Waals surface area (Å²) in [6.07, 6.45) is 5.52. The van der Waals surface area contributed by atoms with Crippen molar-refractivity contribution in [3.8, 4) is 5.75 Å². The van der Waals surface area contributed by atoms with Gasteiger partial charge in [-0.25, -0.2) is 4.79 Å². The molecule has 2 bridgehead atoms. The molecule has 34 heavy (non-hydrogen) atoms. The second kappa shape index (κ2) is 7.76. The van der Waals surface area contributed by atoms with Gasteiger partial charge in [0.2, 0.25) is 11.8 Å². The Hall–Kier alpha value is -3.54. The highest BCUT2D eigenvalue weighted by Gasteiger charge is 2.68. The van der Waals surface area contributed by atoms with Crippen LogP contribution in [0.15, 0.2) is 66.7 Å². The number of nitrogens with zero attached hydrogens (tertiary/aromatic N) is 1. The molecule has 2 aromatic carbocycles. The van der Waals surface area contributed by atoms with E-state index >= 15 is 0 Å². The molecule has 172 valence electrons. The highest BCUT2D eigenvalue weighted by Crippen LogP contribution is 2.65. The molecule has 0 N–H and O–H groups in total. The van der Waals surface area contributed by atoms with Gasteiger partial charge in [0.1, 0.15) is 11.8 Å². The molecule has 4 aliphatic carbocycles. The van der Waals surface area contributed by atoms with Gasteiger partial charge in [0.15, 0.2) is 5.78 Å². The van der Waals surface area contributed by atoms with Gasteiger partial charge in [-0.05, 0) is 66.8 Å². The Morgan fingerprint density at radius 3 is 2.06 bits per heavy atom. The molecule has 2 amide bonds. The van der Waals surface area contributed by atoms with E-state index in [0.29, 0.717) is 17.4 Å². The number of esters is 1. The van der Waals surface area contributed by atoms with E-state index in [1.807, 2.05) is 30.3 Å². The Bertz CT molecular complexity index is 1180. The summed E-state index contributed by atoms with van der Waals surface area (Å²) in [6, 6.07) is 14.6. The molecule has 2 aromatic rings. The first-order valence-corrected chi connectivity index (χ1v) is 11.9. The standard InChI is InChI=1S/C28H25NO5/c1-15(30)17-7-9-18(10-8-17)34-28(33)23(13-16-5-3-2-4-6-16)29-26(31)24-19-11-12-20(22-14-21(19)22)25(24)27(29)32/h2-12,19-25H,13-14H2,1H3/t19-,20-,21-,22+,23+,24+,25+/m1/s1. The maximum Gasteiger partial charge on any atom is 0.335 e. The maximum atomic E-state index is 13.6. The van der Waals surface area contributed by atoms with Crippen molar-refractivity contribution in [3.05, 3.63) is 77.9 Å². The first-order valence-electron chi connectivity index (χ1n) is 11.9. The number of imide groups is 1. The minimum atomic E-state index is -1.05. The fourth-order valence-corrected chi connectivity index (χ4v) is 6.35. The summed E-state index contributed by atoms with van der Waals surface area (Å²) >= 11 is 0. The summed E-state index contributed by atoms with van der Waals surface area (Å²) in [6.45, 7) is 1.47. The molecule has 1 heterocycles. The molecule has 0 aromatic heterocycles. The molecule has 1 aliphatic heterocycles. The number of hydrogen-bond acceptors (Lipinski definition) is 5. The first kappa shape index (κ1) is 21.0. The molecule has 5 aliphatic rings. The van der Waals surface area contributed by atoms with Crippen LogP contribution in [0.1, 0.15) is 29.3 Å². The minimum Gasteiger partial charge on any atom is -0.425 e. The quantitative estimate of drug-likeness (QED) is 0.219. The van der Waals surface area contributed by atoms with Gasteiger partial charge in [0, 0.05) is 12.0 Å². The van der Waals surface area contributed by atoms with E-state index in [-0.39, 0.29) is 53.4 Å². The number of ether oxygens (including phenoxy) is 1. The molecule has 0 spiro atoms. The molecule has 6 heteroatoms. The number of benzene rings is 2. The van der Waals surface area contributed by atoms with Crippen molar-refractivity contribution >= 4 is 23.6 Å². The van der Waals surface area contributed by atoms with E-state index in [2.05, 4.69) is 12.2 Å². The molecular formula is C28H25NO5. The zero-order valence-electron chi connectivity index (χ0n) is 18.8. The van der Waals surface area contributed by atoms with Crippen LogP contribution in [0.3, 0.4) is 0 Å². The number of Topliss-reactive ketones (excluding diaryl/α,β-unsaturated/α-hetero) is 1. The highest BCUT2D eigenvalue weighted by molar-refractivity contribution is 6.09. The van der Waals surface area contributed by atoms with Crippen LogP contribution in [0.5, 0.6) is 5.75 Å². The van der Waals surface area contributed by atoms with Crippen molar-refractivity contribution in [2.75, 3.05) is 0 Å². The lowest BCUT2D eigenvalue weighted by Gasteiger charge is -2.37. The van der Waals surface area contributed by atoms with Crippen molar-refractivity contribution in [2.24, 2.45) is 35.5 Å².